The van der Waals surface area contributed by atoms with Crippen LogP contribution in [-0.2, 0) is 9.47 Å². The van der Waals surface area contributed by atoms with Crippen molar-refractivity contribution < 1.29 is 19.7 Å². The molecule has 0 radical (unpaired) electrons. The lowest BCUT2D eigenvalue weighted by Gasteiger charge is -2.20. The molecule has 9 heteroatoms. The van der Waals surface area contributed by atoms with Crippen molar-refractivity contribution >= 4 is 17.0 Å². The highest BCUT2D eigenvalue weighted by atomic mass is 16.6. The Balaban J connectivity index is 1.67. The van der Waals surface area contributed by atoms with Crippen molar-refractivity contribution in [1.82, 2.24) is 19.5 Å². The van der Waals surface area contributed by atoms with Crippen LogP contribution in [0.1, 0.15) is 45.3 Å². The molecule has 1 fully saturated rings. The molecular formula is C17H27N5O4. The molecule has 4 N–H and O–H groups in total. The van der Waals surface area contributed by atoms with Crippen molar-refractivity contribution in [3.05, 3.63) is 12.7 Å². The van der Waals surface area contributed by atoms with Gasteiger partial charge in [0, 0.05) is 6.61 Å². The van der Waals surface area contributed by atoms with E-state index in [0.29, 0.717) is 17.8 Å². The average Bonchev–Trinajstić information content (AvgIpc) is 3.20. The number of ether oxygens (including phenoxy) is 2. The molecule has 0 aliphatic carbocycles. The van der Waals surface area contributed by atoms with Gasteiger partial charge in [0.25, 0.3) is 0 Å². The fraction of sp³-hybridized carbons (Fsp3) is 0.706. The molecular weight excluding hydrogens is 338 g/mol. The predicted molar refractivity (Wildman–Crippen MR) is 95.2 cm³/mol. The molecule has 2 aromatic heterocycles. The first-order valence-electron chi connectivity index (χ1n) is 9.16. The monoisotopic (exact) mass is 365 g/mol. The van der Waals surface area contributed by atoms with Gasteiger partial charge in [-0.1, -0.05) is 32.6 Å². The quantitative estimate of drug-likeness (QED) is 0.562. The van der Waals surface area contributed by atoms with E-state index in [2.05, 4.69) is 21.9 Å². The maximum atomic E-state index is 10.7. The van der Waals surface area contributed by atoms with Crippen LogP contribution in [0, 0.1) is 0 Å². The van der Waals surface area contributed by atoms with E-state index in [1.807, 2.05) is 0 Å². The van der Waals surface area contributed by atoms with Gasteiger partial charge in [0.15, 0.2) is 17.7 Å². The predicted octanol–water partition coefficient (Wildman–Crippen LogP) is 1.01. The van der Waals surface area contributed by atoms with E-state index < -0.39 is 24.5 Å². The minimum absolute atomic E-state index is 0.238. The number of aliphatic hydroxyl groups excluding tert-OH is 2. The summed E-state index contributed by atoms with van der Waals surface area (Å²) in [7, 11) is 0. The molecule has 0 spiro atoms. The number of unbranched alkanes of at least 4 members (excludes halogenated alkanes) is 4. The number of aliphatic hydroxyl groups is 2. The van der Waals surface area contributed by atoms with Gasteiger partial charge in [-0.2, -0.15) is 0 Å². The van der Waals surface area contributed by atoms with Crippen LogP contribution in [0.5, 0.6) is 0 Å². The number of hydrogen-bond acceptors (Lipinski definition) is 8. The Hall–Kier alpha value is -1.81. The van der Waals surface area contributed by atoms with Gasteiger partial charge in [-0.25, -0.2) is 15.0 Å². The van der Waals surface area contributed by atoms with Crippen LogP contribution in [0.2, 0.25) is 0 Å². The van der Waals surface area contributed by atoms with Crippen LogP contribution < -0.4 is 5.73 Å². The maximum Gasteiger partial charge on any atom is 0.167 e. The Morgan fingerprint density at radius 1 is 1.23 bits per heavy atom. The smallest absolute Gasteiger partial charge is 0.167 e. The van der Waals surface area contributed by atoms with Gasteiger partial charge < -0.3 is 25.4 Å². The molecule has 0 amide bonds. The van der Waals surface area contributed by atoms with Gasteiger partial charge >= 0.3 is 0 Å². The first-order valence-corrected chi connectivity index (χ1v) is 9.16. The Morgan fingerprint density at radius 3 is 2.81 bits per heavy atom. The summed E-state index contributed by atoms with van der Waals surface area (Å²) in [5, 5.41) is 20.3. The molecule has 9 nitrogen and oxygen atoms in total. The molecule has 26 heavy (non-hydrogen) atoms. The van der Waals surface area contributed by atoms with Crippen molar-refractivity contribution in [3.8, 4) is 0 Å². The van der Waals surface area contributed by atoms with E-state index in [1.54, 1.807) is 4.57 Å². The Morgan fingerprint density at radius 2 is 2.04 bits per heavy atom. The number of rotatable bonds is 9. The zero-order chi connectivity index (χ0) is 18.5. The van der Waals surface area contributed by atoms with Crippen LogP contribution >= 0.6 is 0 Å². The molecule has 3 rings (SSSR count). The Bertz CT molecular complexity index is 710. The van der Waals surface area contributed by atoms with Gasteiger partial charge in [-0.3, -0.25) is 4.57 Å². The van der Waals surface area contributed by atoms with Gasteiger partial charge in [-0.15, -0.1) is 0 Å². The highest BCUT2D eigenvalue weighted by molar-refractivity contribution is 5.81. The fourth-order valence-electron chi connectivity index (χ4n) is 3.28. The highest BCUT2D eigenvalue weighted by Crippen LogP contribution is 2.33. The first-order chi connectivity index (χ1) is 12.7. The number of imidazole rings is 1. The van der Waals surface area contributed by atoms with Gasteiger partial charge in [-0.05, 0) is 6.42 Å². The van der Waals surface area contributed by atoms with E-state index in [4.69, 9.17) is 15.2 Å². The summed E-state index contributed by atoms with van der Waals surface area (Å²) in [6, 6.07) is 0. The summed E-state index contributed by atoms with van der Waals surface area (Å²) in [4.78, 5) is 12.3. The molecule has 0 aromatic carbocycles. The summed E-state index contributed by atoms with van der Waals surface area (Å²) >= 11 is 0. The van der Waals surface area contributed by atoms with Gasteiger partial charge in [0.1, 0.15) is 30.2 Å². The van der Waals surface area contributed by atoms with Gasteiger partial charge in [0.2, 0.25) is 0 Å². The van der Waals surface area contributed by atoms with Crippen LogP contribution in [-0.4, -0.2) is 61.3 Å². The van der Waals surface area contributed by atoms with E-state index >= 15 is 0 Å². The molecule has 144 valence electrons. The number of hydrogen-bond donors (Lipinski definition) is 3. The number of fused-ring (bicyclic) bond motifs is 1. The topological polar surface area (TPSA) is 129 Å². The van der Waals surface area contributed by atoms with Crippen LogP contribution in [0.25, 0.3) is 11.2 Å². The SMILES string of the molecule is CCCCCCCO[C@H]1[C@@H](O)[C@H](n2cnc3c(N)ncnc32)O[C@@H]1CO. The first kappa shape index (κ1) is 19.0. The molecule has 1 aliphatic heterocycles. The molecule has 0 unspecified atom stereocenters. The molecule has 2 aromatic rings. The van der Waals surface area contributed by atoms with Crippen molar-refractivity contribution in [2.45, 2.75) is 63.6 Å². The van der Waals surface area contributed by atoms with Crippen LogP contribution in [0.15, 0.2) is 12.7 Å². The second kappa shape index (κ2) is 8.72. The number of nitrogen functional groups attached to an aromatic ring is 1. The van der Waals surface area contributed by atoms with E-state index in [0.717, 1.165) is 12.8 Å². The second-order valence-corrected chi connectivity index (χ2v) is 6.57. The summed E-state index contributed by atoms with van der Waals surface area (Å²) in [5.41, 5.74) is 6.72. The maximum absolute atomic E-state index is 10.7. The second-order valence-electron chi connectivity index (χ2n) is 6.57. The third kappa shape index (κ3) is 3.80. The van der Waals surface area contributed by atoms with Crippen LogP contribution in [0.4, 0.5) is 5.82 Å². The highest BCUT2D eigenvalue weighted by Gasteiger charge is 2.45. The lowest BCUT2D eigenvalue weighted by Crippen LogP contribution is -2.36. The Labute approximate surface area is 152 Å². The molecule has 1 aliphatic rings. The zero-order valence-corrected chi connectivity index (χ0v) is 15.0. The summed E-state index contributed by atoms with van der Waals surface area (Å²) < 4.78 is 13.3. The minimum Gasteiger partial charge on any atom is -0.394 e. The third-order valence-electron chi connectivity index (χ3n) is 4.71. The number of anilines is 1. The van der Waals surface area contributed by atoms with Crippen molar-refractivity contribution in [2.24, 2.45) is 0 Å². The largest absolute Gasteiger partial charge is 0.394 e. The van der Waals surface area contributed by atoms with E-state index in [9.17, 15) is 10.2 Å². The van der Waals surface area contributed by atoms with Gasteiger partial charge in [0.05, 0.1) is 12.9 Å². The van der Waals surface area contributed by atoms with Crippen molar-refractivity contribution in [2.75, 3.05) is 18.9 Å². The molecule has 0 saturated carbocycles. The molecule has 4 atom stereocenters. The van der Waals surface area contributed by atoms with Crippen LogP contribution in [0.3, 0.4) is 0 Å². The zero-order valence-electron chi connectivity index (χ0n) is 15.0. The molecule has 0 bridgehead atoms. The number of nitrogens with two attached hydrogens (primary N) is 1. The molecule has 3 heterocycles. The minimum atomic E-state index is -0.948. The summed E-state index contributed by atoms with van der Waals surface area (Å²) in [5.74, 6) is 0.264. The normalized spacial score (nSPS) is 26.0. The average molecular weight is 365 g/mol. The van der Waals surface area contributed by atoms with Crippen molar-refractivity contribution in [1.29, 1.82) is 0 Å². The van der Waals surface area contributed by atoms with E-state index in [-0.39, 0.29) is 12.4 Å². The lowest BCUT2D eigenvalue weighted by molar-refractivity contribution is -0.0609. The fourth-order valence-corrected chi connectivity index (χ4v) is 3.28. The van der Waals surface area contributed by atoms with Crippen molar-refractivity contribution in [3.63, 3.8) is 0 Å². The third-order valence-corrected chi connectivity index (χ3v) is 4.71. The standard InChI is InChI=1S/C17H27N5O4/c1-2-3-4-5-6-7-25-14-11(8-23)26-17(13(14)24)22-10-21-12-15(18)19-9-20-16(12)22/h9-11,13-14,17,23-24H,2-8H2,1H3,(H2,18,19,20)/t11-,13-,14-,17-/m1/s1. The van der Waals surface area contributed by atoms with E-state index in [1.165, 1.54) is 31.9 Å². The summed E-state index contributed by atoms with van der Waals surface area (Å²) in [6.45, 7) is 2.46. The number of nitrogens with zero attached hydrogens (tertiary/aromatic N) is 4. The number of aromatic nitrogens is 4. The summed E-state index contributed by atoms with van der Waals surface area (Å²) in [6.07, 6.45) is 5.53. The molecule has 1 saturated heterocycles. The lowest BCUT2D eigenvalue weighted by atomic mass is 10.1. The Kier molecular flexibility index (Phi) is 6.36.